The highest BCUT2D eigenvalue weighted by molar-refractivity contribution is 6.03. The van der Waals surface area contributed by atoms with Gasteiger partial charge in [0.05, 0.1) is 32.5 Å². The molecule has 0 spiro atoms. The zero-order valence-electron chi connectivity index (χ0n) is 21.4. The molecule has 2 amide bonds. The number of imide groups is 1. The van der Waals surface area contributed by atoms with E-state index in [4.69, 9.17) is 23.7 Å². The molecule has 3 rings (SSSR count). The third-order valence-electron chi connectivity index (χ3n) is 6.08. The quantitative estimate of drug-likeness (QED) is 0.393. The molecule has 0 saturated carbocycles. The summed E-state index contributed by atoms with van der Waals surface area (Å²) in [5.41, 5.74) is 1.00. The Hall–Kier alpha value is -3.05. The molecule has 1 aromatic rings. The number of ether oxygens (including phenoxy) is 5. The second-order valence-corrected chi connectivity index (χ2v) is 9.10. The van der Waals surface area contributed by atoms with Crippen molar-refractivity contribution in [3.8, 4) is 0 Å². The maximum atomic E-state index is 13.2. The molecule has 2 aliphatic rings. The summed E-state index contributed by atoms with van der Waals surface area (Å²) in [6.07, 6.45) is 1.26. The second-order valence-electron chi connectivity index (χ2n) is 9.10. The summed E-state index contributed by atoms with van der Waals surface area (Å²) in [6, 6.07) is 9.20. The van der Waals surface area contributed by atoms with Crippen molar-refractivity contribution in [3.63, 3.8) is 0 Å². The van der Waals surface area contributed by atoms with Gasteiger partial charge >= 0.3 is 6.09 Å². The Kier molecular flexibility index (Phi) is 10.8. The standard InChI is InChI=1S/C27H35NO9/c1-18(2)22-17-36-27(32)28(22)26(31)25(33-3)24-23(30)12-11-20(37-24)10-7-13-34-16-21(14-29)35-15-19-8-5-4-6-9-19/h4-6,8-12,18,21-22,24-25,29H,7,13-17H2,1-3H3/t21-,22+,24-,25-/m1/s1. The summed E-state index contributed by atoms with van der Waals surface area (Å²) in [4.78, 5) is 38.9. The average Bonchev–Trinajstić information content (AvgIpc) is 3.29. The molecule has 1 N–H and O–H groups in total. The van der Waals surface area contributed by atoms with Gasteiger partial charge < -0.3 is 28.8 Å². The van der Waals surface area contributed by atoms with Crippen LogP contribution in [-0.2, 0) is 39.9 Å². The zero-order valence-corrected chi connectivity index (χ0v) is 21.4. The summed E-state index contributed by atoms with van der Waals surface area (Å²) < 4.78 is 27.5. The lowest BCUT2D eigenvalue weighted by atomic mass is 10.0. The van der Waals surface area contributed by atoms with Gasteiger partial charge in [-0.25, -0.2) is 9.69 Å². The largest absolute Gasteiger partial charge is 0.479 e. The third-order valence-corrected chi connectivity index (χ3v) is 6.08. The van der Waals surface area contributed by atoms with Crippen LogP contribution in [0.3, 0.4) is 0 Å². The van der Waals surface area contributed by atoms with Crippen molar-refractivity contribution >= 4 is 17.8 Å². The van der Waals surface area contributed by atoms with Crippen molar-refractivity contribution in [3.05, 3.63) is 59.9 Å². The third kappa shape index (κ3) is 7.72. The van der Waals surface area contributed by atoms with Gasteiger partial charge in [-0.1, -0.05) is 44.2 Å². The zero-order chi connectivity index (χ0) is 26.8. The Morgan fingerprint density at radius 3 is 2.65 bits per heavy atom. The van der Waals surface area contributed by atoms with Gasteiger partial charge in [0.25, 0.3) is 5.91 Å². The number of carbonyl (C=O) groups excluding carboxylic acids is 3. The fraction of sp³-hybridized carbons (Fsp3) is 0.519. The normalized spacial score (nSPS) is 22.3. The molecule has 0 unspecified atom stereocenters. The van der Waals surface area contributed by atoms with Crippen molar-refractivity contribution in [2.45, 2.75) is 51.2 Å². The van der Waals surface area contributed by atoms with Gasteiger partial charge in [0.2, 0.25) is 0 Å². The minimum Gasteiger partial charge on any atom is -0.479 e. The number of allylic oxidation sites excluding steroid dienone is 1. The number of methoxy groups -OCH3 is 1. The van der Waals surface area contributed by atoms with E-state index in [1.54, 1.807) is 6.08 Å². The number of hydrogen-bond acceptors (Lipinski definition) is 9. The van der Waals surface area contributed by atoms with Crippen LogP contribution in [0.4, 0.5) is 4.79 Å². The molecule has 0 aromatic heterocycles. The number of ketones is 1. The van der Waals surface area contributed by atoms with Crippen LogP contribution in [0.15, 0.2) is 54.3 Å². The molecule has 202 valence electrons. The van der Waals surface area contributed by atoms with E-state index in [-0.39, 0.29) is 25.7 Å². The van der Waals surface area contributed by atoms with Crippen LogP contribution >= 0.6 is 0 Å². The van der Waals surface area contributed by atoms with Crippen LogP contribution in [-0.4, -0.2) is 85.7 Å². The first-order valence-electron chi connectivity index (χ1n) is 12.3. The lowest BCUT2D eigenvalue weighted by molar-refractivity contribution is -0.154. The van der Waals surface area contributed by atoms with E-state index < -0.39 is 42.1 Å². The lowest BCUT2D eigenvalue weighted by Crippen LogP contribution is -2.53. The fourth-order valence-corrected chi connectivity index (χ4v) is 3.94. The second kappa shape index (κ2) is 14.0. The molecule has 0 aliphatic carbocycles. The Morgan fingerprint density at radius 1 is 1.22 bits per heavy atom. The van der Waals surface area contributed by atoms with E-state index in [0.717, 1.165) is 10.5 Å². The first kappa shape index (κ1) is 28.5. The molecule has 1 fully saturated rings. The highest BCUT2D eigenvalue weighted by atomic mass is 16.6. The lowest BCUT2D eigenvalue weighted by Gasteiger charge is -2.31. The van der Waals surface area contributed by atoms with E-state index in [0.29, 0.717) is 25.4 Å². The highest BCUT2D eigenvalue weighted by Crippen LogP contribution is 2.25. The molecule has 10 heteroatoms. The maximum absolute atomic E-state index is 13.2. The molecular formula is C27H35NO9. The average molecular weight is 518 g/mol. The van der Waals surface area contributed by atoms with Gasteiger partial charge in [0.1, 0.15) is 18.5 Å². The SMILES string of the molecule is CO[C@@H](C(=O)N1C(=O)OC[C@H]1C(C)C)[C@@H]1OC(=CCCOC[C@@H](CO)OCc2ccccc2)C=CC1=O. The molecule has 1 aromatic carbocycles. The number of carbonyl (C=O) groups is 3. The van der Waals surface area contributed by atoms with Crippen LogP contribution in [0.2, 0.25) is 0 Å². The van der Waals surface area contributed by atoms with E-state index >= 15 is 0 Å². The predicted molar refractivity (Wildman–Crippen MR) is 132 cm³/mol. The van der Waals surface area contributed by atoms with Crippen molar-refractivity contribution in [1.82, 2.24) is 4.90 Å². The van der Waals surface area contributed by atoms with Crippen molar-refractivity contribution in [1.29, 1.82) is 0 Å². The number of amides is 2. The van der Waals surface area contributed by atoms with Crippen molar-refractivity contribution < 1.29 is 43.2 Å². The molecule has 2 aliphatic heterocycles. The van der Waals surface area contributed by atoms with Crippen LogP contribution in [0, 0.1) is 5.92 Å². The van der Waals surface area contributed by atoms with Gasteiger partial charge in [-0.05, 0) is 36.1 Å². The summed E-state index contributed by atoms with van der Waals surface area (Å²) in [6.45, 7) is 4.60. The number of aliphatic hydroxyl groups excluding tert-OH is 1. The van der Waals surface area contributed by atoms with Gasteiger partial charge in [-0.15, -0.1) is 0 Å². The minimum absolute atomic E-state index is 0.0274. The summed E-state index contributed by atoms with van der Waals surface area (Å²) in [7, 11) is 1.29. The Morgan fingerprint density at radius 2 is 1.97 bits per heavy atom. The van der Waals surface area contributed by atoms with E-state index in [1.165, 1.54) is 19.3 Å². The first-order chi connectivity index (χ1) is 17.8. The van der Waals surface area contributed by atoms with Gasteiger partial charge in [0.15, 0.2) is 18.0 Å². The fourth-order valence-electron chi connectivity index (χ4n) is 3.94. The molecule has 37 heavy (non-hydrogen) atoms. The topological polar surface area (TPSA) is 121 Å². The van der Waals surface area contributed by atoms with Crippen LogP contribution in [0.25, 0.3) is 0 Å². The minimum atomic E-state index is -1.31. The van der Waals surface area contributed by atoms with Gasteiger partial charge in [-0.2, -0.15) is 0 Å². The number of benzene rings is 1. The Balaban J connectivity index is 1.50. The summed E-state index contributed by atoms with van der Waals surface area (Å²) in [5.74, 6) is -0.763. The molecule has 0 bridgehead atoms. The van der Waals surface area contributed by atoms with Crippen LogP contribution in [0.5, 0.6) is 0 Å². The molecule has 1 saturated heterocycles. The van der Waals surface area contributed by atoms with Gasteiger partial charge in [-0.3, -0.25) is 9.59 Å². The first-order valence-corrected chi connectivity index (χ1v) is 12.3. The monoisotopic (exact) mass is 517 g/mol. The number of cyclic esters (lactones) is 1. The van der Waals surface area contributed by atoms with Crippen molar-refractivity contribution in [2.24, 2.45) is 5.92 Å². The highest BCUT2D eigenvalue weighted by Gasteiger charge is 2.47. The van der Waals surface area contributed by atoms with E-state index in [1.807, 2.05) is 44.2 Å². The number of hydrogen-bond donors (Lipinski definition) is 1. The molecule has 2 heterocycles. The summed E-state index contributed by atoms with van der Waals surface area (Å²) in [5, 5.41) is 9.53. The van der Waals surface area contributed by atoms with Crippen LogP contribution < -0.4 is 0 Å². The predicted octanol–water partition coefficient (Wildman–Crippen LogP) is 2.40. The molecular weight excluding hydrogens is 482 g/mol. The molecule has 0 radical (unpaired) electrons. The molecule has 10 nitrogen and oxygen atoms in total. The van der Waals surface area contributed by atoms with E-state index in [2.05, 4.69) is 0 Å². The van der Waals surface area contributed by atoms with Crippen molar-refractivity contribution in [2.75, 3.05) is 33.5 Å². The van der Waals surface area contributed by atoms with Gasteiger partial charge in [0, 0.05) is 7.11 Å². The maximum Gasteiger partial charge on any atom is 0.417 e. The number of aliphatic hydroxyl groups is 1. The number of rotatable bonds is 13. The van der Waals surface area contributed by atoms with Crippen LogP contribution in [0.1, 0.15) is 25.8 Å². The number of nitrogens with zero attached hydrogens (tertiary/aromatic N) is 1. The summed E-state index contributed by atoms with van der Waals surface area (Å²) >= 11 is 0. The molecule has 4 atom stereocenters. The smallest absolute Gasteiger partial charge is 0.417 e. The van der Waals surface area contributed by atoms with E-state index in [9.17, 15) is 19.5 Å². The Labute approximate surface area is 216 Å². The Bertz CT molecular complexity index is 975.